The fraction of sp³-hybridized carbons (Fsp3) is 0.350. The van der Waals surface area contributed by atoms with E-state index >= 15 is 0 Å². The molecule has 29 heavy (non-hydrogen) atoms. The van der Waals surface area contributed by atoms with E-state index in [-0.39, 0.29) is 24.1 Å². The van der Waals surface area contributed by atoms with Gasteiger partial charge in [-0.1, -0.05) is 55.5 Å². The molecule has 1 amide bonds. The van der Waals surface area contributed by atoms with Crippen LogP contribution in [-0.4, -0.2) is 38.9 Å². The molecule has 3 heterocycles. The van der Waals surface area contributed by atoms with E-state index in [4.69, 9.17) is 4.74 Å². The van der Waals surface area contributed by atoms with Crippen LogP contribution < -0.4 is 10.2 Å². The molecule has 8 nitrogen and oxygen atoms in total. The second-order valence-corrected chi connectivity index (χ2v) is 8.18. The van der Waals surface area contributed by atoms with Gasteiger partial charge in [0.05, 0.1) is 12.1 Å². The smallest absolute Gasteiger partial charge is 0.415 e. The van der Waals surface area contributed by atoms with Crippen molar-refractivity contribution in [1.29, 1.82) is 0 Å². The van der Waals surface area contributed by atoms with Crippen molar-refractivity contribution in [2.75, 3.05) is 16.8 Å². The third-order valence-electron chi connectivity index (χ3n) is 4.74. The Morgan fingerprint density at radius 2 is 1.97 bits per heavy atom. The number of amides is 1. The Morgan fingerprint density at radius 3 is 2.72 bits per heavy atom. The number of hydrogen-bond acceptors (Lipinski definition) is 8. The molecule has 1 aromatic carbocycles. The van der Waals surface area contributed by atoms with Gasteiger partial charge in [-0.3, -0.25) is 4.90 Å². The lowest BCUT2D eigenvalue weighted by Gasteiger charge is -2.23. The Balaban J connectivity index is 1.51. The lowest BCUT2D eigenvalue weighted by Crippen LogP contribution is -2.37. The van der Waals surface area contributed by atoms with Crippen molar-refractivity contribution in [3.05, 3.63) is 47.6 Å². The molecule has 4 rings (SSSR count). The number of cyclic esters (lactones) is 1. The molecule has 0 saturated carbocycles. The highest BCUT2D eigenvalue weighted by Crippen LogP contribution is 2.29. The zero-order valence-electron chi connectivity index (χ0n) is 16.4. The topological polar surface area (TPSA) is 93.1 Å². The zero-order chi connectivity index (χ0) is 20.4. The van der Waals surface area contributed by atoms with Crippen molar-refractivity contribution >= 4 is 29.2 Å². The summed E-state index contributed by atoms with van der Waals surface area (Å²) in [7, 11) is 0. The second kappa shape index (κ2) is 8.12. The number of nitrogens with zero attached hydrogens (tertiary/aromatic N) is 5. The van der Waals surface area contributed by atoms with Crippen molar-refractivity contribution in [2.24, 2.45) is 5.92 Å². The van der Waals surface area contributed by atoms with Gasteiger partial charge >= 0.3 is 6.09 Å². The summed E-state index contributed by atoms with van der Waals surface area (Å²) in [6.45, 7) is 6.46. The molecule has 3 aromatic rings. The minimum atomic E-state index is -0.377. The predicted octanol–water partition coefficient (Wildman–Crippen LogP) is 4.15. The average Bonchev–Trinajstić information content (AvgIpc) is 3.36. The van der Waals surface area contributed by atoms with Gasteiger partial charge in [-0.2, -0.15) is 4.98 Å². The summed E-state index contributed by atoms with van der Waals surface area (Å²) < 4.78 is 5.22. The molecule has 0 spiro atoms. The molecular weight excluding hydrogens is 388 g/mol. The molecule has 1 aliphatic heterocycles. The van der Waals surface area contributed by atoms with Crippen molar-refractivity contribution in [3.63, 3.8) is 0 Å². The number of carbonyl (C=O) groups is 1. The molecule has 1 unspecified atom stereocenters. The molecule has 0 bridgehead atoms. The minimum absolute atomic E-state index is 0.0423. The number of carbonyl (C=O) groups excluding carboxylic acids is 1. The lowest BCUT2D eigenvalue weighted by atomic mass is 10.0. The Morgan fingerprint density at radius 1 is 1.17 bits per heavy atom. The Hall–Kier alpha value is -3.07. The molecule has 2 atom stereocenters. The number of hydrogen-bond donors (Lipinski definition) is 1. The quantitative estimate of drug-likeness (QED) is 0.652. The van der Waals surface area contributed by atoms with Crippen LogP contribution in [0.3, 0.4) is 0 Å². The fourth-order valence-corrected chi connectivity index (χ4v) is 3.96. The number of nitrogens with one attached hydrogen (secondary N) is 1. The number of rotatable bonds is 6. The van der Waals surface area contributed by atoms with Gasteiger partial charge < -0.3 is 10.1 Å². The molecule has 0 radical (unpaired) electrons. The van der Waals surface area contributed by atoms with Gasteiger partial charge in [0.1, 0.15) is 22.4 Å². The maximum absolute atomic E-state index is 12.2. The normalized spacial score (nSPS) is 17.4. The number of aromatic nitrogens is 4. The van der Waals surface area contributed by atoms with Crippen LogP contribution in [0.2, 0.25) is 0 Å². The van der Waals surface area contributed by atoms with E-state index in [0.29, 0.717) is 18.4 Å². The van der Waals surface area contributed by atoms with E-state index in [1.165, 1.54) is 11.3 Å². The zero-order valence-corrected chi connectivity index (χ0v) is 17.3. The van der Waals surface area contributed by atoms with Crippen molar-refractivity contribution in [2.45, 2.75) is 32.9 Å². The molecular formula is C20H22N6O2S. The van der Waals surface area contributed by atoms with E-state index in [9.17, 15) is 4.79 Å². The molecule has 1 fully saturated rings. The van der Waals surface area contributed by atoms with Crippen LogP contribution in [0, 0.1) is 5.92 Å². The molecule has 1 saturated heterocycles. The summed E-state index contributed by atoms with van der Waals surface area (Å²) >= 11 is 1.52. The summed E-state index contributed by atoms with van der Waals surface area (Å²) in [5.74, 6) is 1.20. The highest BCUT2D eigenvalue weighted by Gasteiger charge is 2.37. The summed E-state index contributed by atoms with van der Waals surface area (Å²) in [5.41, 5.74) is 1.04. The third-order valence-corrected chi connectivity index (χ3v) is 5.90. The first-order valence-corrected chi connectivity index (χ1v) is 10.3. The first-order chi connectivity index (χ1) is 14.0. The maximum Gasteiger partial charge on any atom is 0.415 e. The van der Waals surface area contributed by atoms with Crippen LogP contribution in [-0.2, 0) is 4.74 Å². The van der Waals surface area contributed by atoms with Crippen LogP contribution in [0.25, 0.3) is 10.6 Å². The summed E-state index contributed by atoms with van der Waals surface area (Å²) in [6, 6.07) is 11.5. The number of benzene rings is 1. The number of ether oxygens (including phenoxy) is 1. The van der Waals surface area contributed by atoms with E-state index in [0.717, 1.165) is 15.6 Å². The Labute approximate surface area is 173 Å². The molecule has 2 aromatic heterocycles. The van der Waals surface area contributed by atoms with E-state index < -0.39 is 0 Å². The largest absolute Gasteiger partial charge is 0.447 e. The summed E-state index contributed by atoms with van der Waals surface area (Å²) in [5, 5.41) is 13.5. The standard InChI is InChI=1S/C20H22N6O2S/c1-12(2)15-11-28-20(27)26(15)16-9-10-21-19(23-16)22-13(3)17-24-25-18(29-17)14-7-5-4-6-8-14/h4-10,12-13,15H,11H2,1-3H3,(H,21,22,23)/t13-,15?/m0/s1. The number of anilines is 2. The van der Waals surface area contributed by atoms with E-state index in [2.05, 4.69) is 39.3 Å². The maximum atomic E-state index is 12.2. The van der Waals surface area contributed by atoms with Gasteiger partial charge in [-0.15, -0.1) is 10.2 Å². The van der Waals surface area contributed by atoms with Crippen LogP contribution in [0.4, 0.5) is 16.6 Å². The molecule has 150 valence electrons. The van der Waals surface area contributed by atoms with Crippen molar-refractivity contribution < 1.29 is 9.53 Å². The van der Waals surface area contributed by atoms with E-state index in [1.807, 2.05) is 37.3 Å². The van der Waals surface area contributed by atoms with Gasteiger partial charge in [-0.25, -0.2) is 9.78 Å². The van der Waals surface area contributed by atoms with Gasteiger partial charge in [0.25, 0.3) is 0 Å². The molecule has 9 heteroatoms. The van der Waals surface area contributed by atoms with Crippen LogP contribution >= 0.6 is 11.3 Å². The first-order valence-electron chi connectivity index (χ1n) is 9.47. The van der Waals surface area contributed by atoms with Crippen molar-refractivity contribution in [1.82, 2.24) is 20.2 Å². The van der Waals surface area contributed by atoms with Gasteiger partial charge in [0.2, 0.25) is 5.95 Å². The van der Waals surface area contributed by atoms with Crippen LogP contribution in [0.15, 0.2) is 42.6 Å². The monoisotopic (exact) mass is 410 g/mol. The highest BCUT2D eigenvalue weighted by atomic mass is 32.1. The van der Waals surface area contributed by atoms with Crippen LogP contribution in [0.5, 0.6) is 0 Å². The van der Waals surface area contributed by atoms with Crippen molar-refractivity contribution in [3.8, 4) is 10.6 Å². The SMILES string of the molecule is CC(C)C1COC(=O)N1c1ccnc(N[C@@H](C)c2nnc(-c3ccccc3)s2)n1. The summed E-state index contributed by atoms with van der Waals surface area (Å²) in [6.07, 6.45) is 1.26. The Kier molecular flexibility index (Phi) is 5.39. The first kappa shape index (κ1) is 19.3. The molecule has 0 aliphatic carbocycles. The highest BCUT2D eigenvalue weighted by molar-refractivity contribution is 7.14. The third kappa shape index (κ3) is 4.04. The second-order valence-electron chi connectivity index (χ2n) is 7.17. The summed E-state index contributed by atoms with van der Waals surface area (Å²) in [4.78, 5) is 22.6. The van der Waals surface area contributed by atoms with Gasteiger partial charge in [0.15, 0.2) is 0 Å². The van der Waals surface area contributed by atoms with E-state index in [1.54, 1.807) is 17.2 Å². The average molecular weight is 411 g/mol. The van der Waals surface area contributed by atoms with Gasteiger partial charge in [-0.05, 0) is 18.9 Å². The fourth-order valence-electron chi connectivity index (χ4n) is 3.11. The lowest BCUT2D eigenvalue weighted by molar-refractivity contribution is 0.177. The van der Waals surface area contributed by atoms with Crippen LogP contribution in [0.1, 0.15) is 31.8 Å². The minimum Gasteiger partial charge on any atom is -0.447 e. The predicted molar refractivity (Wildman–Crippen MR) is 112 cm³/mol. The molecule has 1 N–H and O–H groups in total. The van der Waals surface area contributed by atoms with Gasteiger partial charge in [0, 0.05) is 11.8 Å². The Bertz CT molecular complexity index is 993. The molecule has 1 aliphatic rings.